The Hall–Kier alpha value is -1.85. The Balaban J connectivity index is 2.25. The number of carbonyl (C=O) groups is 1. The minimum atomic E-state index is -4.92. The van der Waals surface area contributed by atoms with Crippen molar-refractivity contribution in [3.63, 3.8) is 0 Å². The van der Waals surface area contributed by atoms with Crippen molar-refractivity contribution < 1.29 is 51.2 Å². The maximum Gasteiger partial charge on any atom is 0.416 e. The number of hydrogen-bond donors (Lipinski definition) is 4. The molecule has 1 aromatic carbocycles. The molecule has 15 heteroatoms. The molecule has 1 aromatic rings. The number of ether oxygens (including phenoxy) is 1. The number of phenolic OH excluding ortho intramolecular Hbond substituents is 1. The predicted octanol–water partition coefficient (Wildman–Crippen LogP) is 4.61. The average molecular weight is 570 g/mol. The number of esters is 1. The lowest BCUT2D eigenvalue weighted by atomic mass is 9.89. The number of carbonyl (C=O) groups excluding carboxylic acids is 1. The maximum absolute atomic E-state index is 13.4. The average Bonchev–Trinajstić information content (AvgIpc) is 3.20. The monoisotopic (exact) mass is 570 g/mol. The van der Waals surface area contributed by atoms with Gasteiger partial charge in [-0.25, -0.2) is 4.79 Å². The van der Waals surface area contributed by atoms with Gasteiger partial charge in [-0.15, -0.1) is 5.25 Å². The highest BCUT2D eigenvalue weighted by Crippen LogP contribution is 2.49. The summed E-state index contributed by atoms with van der Waals surface area (Å²) >= 11 is 0. The summed E-state index contributed by atoms with van der Waals surface area (Å²) in [7, 11) is -5.46. The Morgan fingerprint density at radius 3 is 2.57 bits per heavy atom. The summed E-state index contributed by atoms with van der Waals surface area (Å²) in [5.41, 5.74) is 3.61. The molecule has 0 aromatic heterocycles. The summed E-state index contributed by atoms with van der Waals surface area (Å²) in [6.45, 7) is 6.62. The van der Waals surface area contributed by atoms with Crippen molar-refractivity contribution in [3.8, 4) is 5.75 Å². The number of cyclic esters (lactones) is 1. The molecular weight excluding hydrogens is 539 g/mol. The first kappa shape index (κ1) is 31.4. The minimum Gasteiger partial charge on any atom is -0.507 e. The molecule has 1 aliphatic heterocycles. The van der Waals surface area contributed by atoms with E-state index in [2.05, 4.69) is 10.2 Å². The highest BCUT2D eigenvalue weighted by atomic mass is 31.2. The Morgan fingerprint density at radius 1 is 1.32 bits per heavy atom. The van der Waals surface area contributed by atoms with Gasteiger partial charge in [-0.1, -0.05) is 18.6 Å². The molecule has 37 heavy (non-hydrogen) atoms. The van der Waals surface area contributed by atoms with Crippen LogP contribution in [0.25, 0.3) is 0 Å². The van der Waals surface area contributed by atoms with Gasteiger partial charge in [0.1, 0.15) is 23.7 Å². The predicted molar refractivity (Wildman–Crippen MR) is 128 cm³/mol. The van der Waals surface area contributed by atoms with Crippen LogP contribution in [-0.2, 0) is 42.7 Å². The second-order valence-electron chi connectivity index (χ2n) is 8.41. The van der Waals surface area contributed by atoms with Gasteiger partial charge in [0.15, 0.2) is 6.10 Å². The van der Waals surface area contributed by atoms with E-state index >= 15 is 0 Å². The fourth-order valence-electron chi connectivity index (χ4n) is 4.11. The van der Waals surface area contributed by atoms with Gasteiger partial charge < -0.3 is 19.3 Å². The summed E-state index contributed by atoms with van der Waals surface area (Å²) in [6.07, 6.45) is -5.98. The molecule has 3 atom stereocenters. The smallest absolute Gasteiger partial charge is 0.416 e. The number of fused-ring (bicyclic) bond motifs is 1. The lowest BCUT2D eigenvalue weighted by Gasteiger charge is -2.28. The third-order valence-electron chi connectivity index (χ3n) is 6.01. The Labute approximate surface area is 214 Å². The van der Waals surface area contributed by atoms with Gasteiger partial charge in [0, 0.05) is 24.1 Å². The Kier molecular flexibility index (Phi) is 11.3. The second kappa shape index (κ2) is 13.3. The molecule has 0 bridgehead atoms. The van der Waals surface area contributed by atoms with Crippen molar-refractivity contribution in [1.29, 1.82) is 0 Å². The number of alkyl halides is 3. The number of allylic oxidation sites excluding steroid dienone is 1. The van der Waals surface area contributed by atoms with Gasteiger partial charge >= 0.3 is 19.7 Å². The zero-order chi connectivity index (χ0) is 28.0. The van der Waals surface area contributed by atoms with Gasteiger partial charge in [0.25, 0.3) is 8.61 Å². The Bertz CT molecular complexity index is 1080. The van der Waals surface area contributed by atoms with Crippen molar-refractivity contribution in [3.05, 3.63) is 39.5 Å². The molecule has 0 radical (unpaired) electrons. The van der Waals surface area contributed by atoms with E-state index in [0.717, 1.165) is 11.1 Å². The van der Waals surface area contributed by atoms with Crippen molar-refractivity contribution in [2.24, 2.45) is 0 Å². The van der Waals surface area contributed by atoms with Crippen molar-refractivity contribution in [2.75, 3.05) is 13.2 Å². The highest BCUT2D eigenvalue weighted by molar-refractivity contribution is 7.53. The van der Waals surface area contributed by atoms with Gasteiger partial charge in [0.05, 0.1) is 6.61 Å². The second-order valence-corrected chi connectivity index (χ2v) is 10.8. The molecule has 0 saturated carbocycles. The van der Waals surface area contributed by atoms with E-state index in [4.69, 9.17) is 9.26 Å². The molecule has 208 valence electrons. The molecule has 1 aliphatic rings. The molecule has 0 amide bonds. The lowest BCUT2D eigenvalue weighted by Crippen LogP contribution is -2.42. The van der Waals surface area contributed by atoms with E-state index in [0.29, 0.717) is 23.1 Å². The van der Waals surface area contributed by atoms with Crippen LogP contribution in [0.5, 0.6) is 5.75 Å². The standard InChI is InChI=1S/C22H31F3N2O8P2/c1-5-14-13(4)16-11-33-21(29)19(16)20(28)15(14)8-7-12(3)10-26-18(37(31,32)34-6-2)9-17(22(23,24)25)35-27-36-30/h7,17-18,26,28H,5-6,8-11H2,1-4H3,(H,27,30)(H,31,32). The minimum absolute atomic E-state index is 0.0890. The third kappa shape index (κ3) is 7.83. The van der Waals surface area contributed by atoms with E-state index < -0.39 is 46.7 Å². The molecule has 0 saturated heterocycles. The van der Waals surface area contributed by atoms with Crippen LogP contribution in [0, 0.1) is 6.92 Å². The van der Waals surface area contributed by atoms with Gasteiger partial charge in [-0.05, 0) is 44.7 Å². The molecular formula is C22H31F3N2O8P2. The van der Waals surface area contributed by atoms with Crippen LogP contribution in [0.4, 0.5) is 13.2 Å². The van der Waals surface area contributed by atoms with E-state index in [1.807, 2.05) is 13.8 Å². The molecule has 0 aliphatic carbocycles. The number of phenols is 1. The summed E-state index contributed by atoms with van der Waals surface area (Å²) in [4.78, 5) is 26.7. The van der Waals surface area contributed by atoms with E-state index in [9.17, 15) is 37.1 Å². The number of nitrogens with one attached hydrogen (secondary N) is 2. The van der Waals surface area contributed by atoms with Crippen molar-refractivity contribution in [2.45, 2.75) is 71.6 Å². The first-order chi connectivity index (χ1) is 17.3. The normalized spacial score (nSPS) is 17.4. The quantitative estimate of drug-likeness (QED) is 0.108. The zero-order valence-electron chi connectivity index (χ0n) is 20.8. The third-order valence-corrected chi connectivity index (χ3v) is 8.00. The topological polar surface area (TPSA) is 143 Å². The van der Waals surface area contributed by atoms with Gasteiger partial charge in [-0.3, -0.25) is 19.3 Å². The molecule has 0 spiro atoms. The van der Waals surface area contributed by atoms with Crippen LogP contribution in [0.2, 0.25) is 0 Å². The number of aromatic hydroxyl groups is 1. The summed E-state index contributed by atoms with van der Waals surface area (Å²) in [5, 5.41) is 15.0. The van der Waals surface area contributed by atoms with Crippen LogP contribution in [0.1, 0.15) is 59.8 Å². The fourth-order valence-corrected chi connectivity index (χ4v) is 5.61. The van der Waals surface area contributed by atoms with Crippen molar-refractivity contribution in [1.82, 2.24) is 10.6 Å². The highest BCUT2D eigenvalue weighted by Gasteiger charge is 2.46. The fraction of sp³-hybridized carbons (Fsp3) is 0.591. The number of rotatable bonds is 14. The molecule has 0 fully saturated rings. The molecule has 4 N–H and O–H groups in total. The van der Waals surface area contributed by atoms with Crippen LogP contribution in [0.15, 0.2) is 11.6 Å². The van der Waals surface area contributed by atoms with Crippen LogP contribution in [-0.4, -0.2) is 47.2 Å². The van der Waals surface area contributed by atoms with Gasteiger partial charge in [-0.2, -0.15) is 13.2 Å². The number of halogens is 3. The summed E-state index contributed by atoms with van der Waals surface area (Å²) in [6, 6.07) is 0. The van der Waals surface area contributed by atoms with Crippen molar-refractivity contribution >= 4 is 22.2 Å². The SMILES string of the molecule is CCOP(=O)(O)C(CC(ONP=O)C(F)(F)F)NCC(C)=CCc1c(O)c2c(c(C)c1CC)COC2=O. The maximum atomic E-state index is 13.4. The lowest BCUT2D eigenvalue weighted by molar-refractivity contribution is -0.231. The van der Waals surface area contributed by atoms with Crippen LogP contribution in [0.3, 0.4) is 0 Å². The zero-order valence-corrected chi connectivity index (χ0v) is 22.6. The summed E-state index contributed by atoms with van der Waals surface area (Å²) in [5.74, 6) is -2.43. The molecule has 3 unspecified atom stereocenters. The molecule has 1 heterocycles. The largest absolute Gasteiger partial charge is 0.507 e. The van der Waals surface area contributed by atoms with Crippen LogP contribution < -0.4 is 10.6 Å². The van der Waals surface area contributed by atoms with Crippen LogP contribution >= 0.6 is 16.2 Å². The van der Waals surface area contributed by atoms with E-state index in [1.165, 1.54) is 6.92 Å². The van der Waals surface area contributed by atoms with E-state index in [1.54, 1.807) is 18.3 Å². The molecule has 2 rings (SSSR count). The first-order valence-corrected chi connectivity index (χ1v) is 13.9. The van der Waals surface area contributed by atoms with Gasteiger partial charge in [0.2, 0.25) is 0 Å². The first-order valence-electron chi connectivity index (χ1n) is 11.5. The Morgan fingerprint density at radius 2 is 2.00 bits per heavy atom. The number of benzene rings is 1. The van der Waals surface area contributed by atoms with E-state index in [-0.39, 0.29) is 37.5 Å². The number of hydrogen-bond acceptors (Lipinski definition) is 8. The summed E-state index contributed by atoms with van der Waals surface area (Å²) < 4.78 is 73.1. The molecule has 10 nitrogen and oxygen atoms in total.